The van der Waals surface area contributed by atoms with Crippen molar-refractivity contribution in [3.8, 4) is 0 Å². The lowest BCUT2D eigenvalue weighted by Crippen LogP contribution is -2.48. The van der Waals surface area contributed by atoms with Crippen molar-refractivity contribution < 1.29 is 4.79 Å². The first-order valence-electron chi connectivity index (χ1n) is 8.35. The van der Waals surface area contributed by atoms with Crippen molar-refractivity contribution in [2.75, 3.05) is 26.7 Å². The number of nitrogens with one attached hydrogen (secondary N) is 2. The van der Waals surface area contributed by atoms with Crippen molar-refractivity contribution >= 4 is 47.2 Å². The molecule has 0 aliphatic rings. The van der Waals surface area contributed by atoms with Gasteiger partial charge in [-0.15, -0.1) is 35.3 Å². The van der Waals surface area contributed by atoms with Gasteiger partial charge in [0.2, 0.25) is 5.91 Å². The van der Waals surface area contributed by atoms with Gasteiger partial charge in [0.25, 0.3) is 0 Å². The van der Waals surface area contributed by atoms with Crippen LogP contribution in [-0.2, 0) is 11.2 Å². The Labute approximate surface area is 172 Å². The lowest BCUT2D eigenvalue weighted by atomic mass is 10.1. The van der Waals surface area contributed by atoms with E-state index in [1.54, 1.807) is 11.3 Å². The van der Waals surface area contributed by atoms with Crippen LogP contribution in [0, 0.1) is 13.8 Å². The number of hydrogen-bond donors (Lipinski definition) is 2. The summed E-state index contributed by atoms with van der Waals surface area (Å²) < 4.78 is 0. The molecule has 0 saturated heterocycles. The van der Waals surface area contributed by atoms with Gasteiger partial charge >= 0.3 is 0 Å². The van der Waals surface area contributed by atoms with Crippen LogP contribution in [0.4, 0.5) is 0 Å². The fraction of sp³-hybridized carbons (Fsp3) is 0.706. The number of carbonyl (C=O) groups excluding carboxylic acids is 1. The normalized spacial score (nSPS) is 11.7. The fourth-order valence-corrected chi connectivity index (χ4v) is 3.21. The predicted molar refractivity (Wildman–Crippen MR) is 117 cm³/mol. The molecule has 144 valence electrons. The first-order chi connectivity index (χ1) is 11.1. The fourth-order valence-electron chi connectivity index (χ4n) is 2.29. The zero-order chi connectivity index (χ0) is 18.3. The van der Waals surface area contributed by atoms with Crippen molar-refractivity contribution in [2.24, 2.45) is 4.99 Å². The van der Waals surface area contributed by atoms with Crippen LogP contribution in [0.5, 0.6) is 0 Å². The summed E-state index contributed by atoms with van der Waals surface area (Å²) in [5.74, 6) is 0.741. The van der Waals surface area contributed by atoms with Crippen LogP contribution >= 0.6 is 35.3 Å². The number of hydrogen-bond acceptors (Lipinski definition) is 4. The lowest BCUT2D eigenvalue weighted by molar-refractivity contribution is -0.122. The zero-order valence-corrected chi connectivity index (χ0v) is 19.5. The van der Waals surface area contributed by atoms with E-state index in [1.807, 2.05) is 53.5 Å². The highest BCUT2D eigenvalue weighted by molar-refractivity contribution is 14.0. The highest BCUT2D eigenvalue weighted by atomic mass is 127. The number of likely N-dealkylation sites (N-methyl/N-ethyl adjacent to an activating group) is 1. The Balaban J connectivity index is 0.00000576. The molecule has 8 heteroatoms. The number of aromatic nitrogens is 1. The van der Waals surface area contributed by atoms with E-state index >= 15 is 0 Å². The first kappa shape index (κ1) is 24.1. The molecule has 0 radical (unpaired) electrons. The van der Waals surface area contributed by atoms with Crippen molar-refractivity contribution in [3.05, 3.63) is 15.6 Å². The molecule has 1 heterocycles. The Hall–Kier alpha value is -0.900. The third-order valence-electron chi connectivity index (χ3n) is 3.19. The maximum absolute atomic E-state index is 12.1. The molecule has 0 saturated carbocycles. The van der Waals surface area contributed by atoms with E-state index in [-0.39, 0.29) is 42.0 Å². The molecular formula is C17H32IN5OS. The number of aryl methyl sites for hydroxylation is 2. The summed E-state index contributed by atoms with van der Waals surface area (Å²) in [5, 5.41) is 7.30. The average Bonchev–Trinajstić information content (AvgIpc) is 2.73. The van der Waals surface area contributed by atoms with Crippen LogP contribution in [0.3, 0.4) is 0 Å². The van der Waals surface area contributed by atoms with Crippen LogP contribution < -0.4 is 10.6 Å². The molecule has 0 aliphatic carbocycles. The number of thiazole rings is 1. The largest absolute Gasteiger partial charge is 0.357 e. The Bertz CT molecular complexity index is 580. The SMILES string of the molecule is CCNC(=NCCc1sc(C)nc1C)N(C)CC(=O)NC(C)(C)C.I. The molecule has 2 N–H and O–H groups in total. The molecule has 1 aromatic rings. The quantitative estimate of drug-likeness (QED) is 0.373. The molecule has 0 aromatic carbocycles. The molecule has 6 nitrogen and oxygen atoms in total. The number of nitrogens with zero attached hydrogens (tertiary/aromatic N) is 3. The molecular weight excluding hydrogens is 449 g/mol. The number of carbonyl (C=O) groups is 1. The topological polar surface area (TPSA) is 69.6 Å². The summed E-state index contributed by atoms with van der Waals surface area (Å²) >= 11 is 1.73. The standard InChI is InChI=1S/C17H31N5OS.HI/c1-8-18-16(22(7)11-15(23)21-17(4,5)6)19-10-9-14-12(2)20-13(3)24-14;/h8-11H2,1-7H3,(H,18,19)(H,21,23);1H. The number of guanidine groups is 1. The molecule has 1 amide bonds. The van der Waals surface area contributed by atoms with Gasteiger partial charge in [0.15, 0.2) is 5.96 Å². The zero-order valence-electron chi connectivity index (χ0n) is 16.4. The summed E-state index contributed by atoms with van der Waals surface area (Å²) in [5.41, 5.74) is 0.866. The van der Waals surface area contributed by atoms with Gasteiger partial charge in [0, 0.05) is 37.0 Å². The van der Waals surface area contributed by atoms with Gasteiger partial charge < -0.3 is 15.5 Å². The second-order valence-corrected chi connectivity index (χ2v) is 8.17. The van der Waals surface area contributed by atoms with E-state index in [4.69, 9.17) is 0 Å². The number of rotatable bonds is 6. The molecule has 0 unspecified atom stereocenters. The average molecular weight is 481 g/mol. The summed E-state index contributed by atoms with van der Waals surface area (Å²) in [7, 11) is 1.88. The Morgan fingerprint density at radius 1 is 1.32 bits per heavy atom. The number of halogens is 1. The maximum atomic E-state index is 12.1. The maximum Gasteiger partial charge on any atom is 0.240 e. The minimum Gasteiger partial charge on any atom is -0.357 e. The highest BCUT2D eigenvalue weighted by Crippen LogP contribution is 2.17. The second-order valence-electron chi connectivity index (χ2n) is 6.88. The Morgan fingerprint density at radius 2 is 1.96 bits per heavy atom. The summed E-state index contributed by atoms with van der Waals surface area (Å²) in [6.07, 6.45) is 0.869. The van der Waals surface area contributed by atoms with Gasteiger partial charge in [0.05, 0.1) is 17.2 Å². The number of amides is 1. The Kier molecular flexibility index (Phi) is 10.6. The predicted octanol–water partition coefficient (Wildman–Crippen LogP) is 2.73. The molecule has 0 fully saturated rings. The summed E-state index contributed by atoms with van der Waals surface area (Å²) in [6.45, 7) is 13.7. The van der Waals surface area contributed by atoms with E-state index < -0.39 is 0 Å². The van der Waals surface area contributed by atoms with Gasteiger partial charge in [0.1, 0.15) is 0 Å². The summed E-state index contributed by atoms with van der Waals surface area (Å²) in [6, 6.07) is 0. The van der Waals surface area contributed by atoms with E-state index in [0.29, 0.717) is 6.54 Å². The molecule has 0 spiro atoms. The van der Waals surface area contributed by atoms with E-state index in [1.165, 1.54) is 4.88 Å². The van der Waals surface area contributed by atoms with Gasteiger partial charge in [-0.05, 0) is 41.5 Å². The van der Waals surface area contributed by atoms with Crippen molar-refractivity contribution in [1.82, 2.24) is 20.5 Å². The molecule has 0 atom stereocenters. The van der Waals surface area contributed by atoms with Gasteiger partial charge in [-0.2, -0.15) is 0 Å². The molecule has 1 rings (SSSR count). The molecule has 0 aliphatic heterocycles. The van der Waals surface area contributed by atoms with Gasteiger partial charge in [-0.3, -0.25) is 9.79 Å². The van der Waals surface area contributed by atoms with E-state index in [2.05, 4.69) is 20.6 Å². The first-order valence-corrected chi connectivity index (χ1v) is 9.17. The Morgan fingerprint density at radius 3 is 2.44 bits per heavy atom. The lowest BCUT2D eigenvalue weighted by Gasteiger charge is -2.25. The minimum atomic E-state index is -0.227. The van der Waals surface area contributed by atoms with Crippen LogP contribution in [0.2, 0.25) is 0 Å². The van der Waals surface area contributed by atoms with Crippen molar-refractivity contribution in [3.63, 3.8) is 0 Å². The third-order valence-corrected chi connectivity index (χ3v) is 4.32. The third kappa shape index (κ3) is 9.39. The van der Waals surface area contributed by atoms with Crippen LogP contribution in [0.25, 0.3) is 0 Å². The van der Waals surface area contributed by atoms with Crippen LogP contribution in [0.15, 0.2) is 4.99 Å². The van der Waals surface area contributed by atoms with E-state index in [0.717, 1.165) is 29.6 Å². The minimum absolute atomic E-state index is 0. The summed E-state index contributed by atoms with van der Waals surface area (Å²) in [4.78, 5) is 24.3. The second kappa shape index (κ2) is 10.9. The van der Waals surface area contributed by atoms with Crippen LogP contribution in [0.1, 0.15) is 43.3 Å². The van der Waals surface area contributed by atoms with Crippen molar-refractivity contribution in [2.45, 2.75) is 53.5 Å². The van der Waals surface area contributed by atoms with Crippen LogP contribution in [-0.4, -0.2) is 54.0 Å². The highest BCUT2D eigenvalue weighted by Gasteiger charge is 2.16. The van der Waals surface area contributed by atoms with E-state index in [9.17, 15) is 4.79 Å². The van der Waals surface area contributed by atoms with Gasteiger partial charge in [-0.1, -0.05) is 0 Å². The number of aliphatic imine (C=N–C) groups is 1. The van der Waals surface area contributed by atoms with Gasteiger partial charge in [-0.25, -0.2) is 4.98 Å². The monoisotopic (exact) mass is 481 g/mol. The van der Waals surface area contributed by atoms with Crippen molar-refractivity contribution in [1.29, 1.82) is 0 Å². The molecule has 0 bridgehead atoms. The molecule has 1 aromatic heterocycles. The molecule has 25 heavy (non-hydrogen) atoms. The smallest absolute Gasteiger partial charge is 0.240 e.